The van der Waals surface area contributed by atoms with Crippen molar-refractivity contribution >= 4 is 50.7 Å². The molecule has 0 saturated heterocycles. The summed E-state index contributed by atoms with van der Waals surface area (Å²) in [7, 11) is -1.48. The summed E-state index contributed by atoms with van der Waals surface area (Å²) in [5.41, 5.74) is 2.35. The molecule has 0 heterocycles. The largest absolute Gasteiger partial charge is 0.497 e. The minimum Gasteiger partial charge on any atom is -0.497 e. The van der Waals surface area contributed by atoms with Gasteiger partial charge in [-0.1, -0.05) is 96.6 Å². The first-order valence-corrected chi connectivity index (χ1v) is 19.1. The maximum atomic E-state index is 14.9. The number of anilines is 1. The molecular weight excluding hydrogens is 709 g/mol. The van der Waals surface area contributed by atoms with Crippen LogP contribution in [-0.4, -0.2) is 58.0 Å². The van der Waals surface area contributed by atoms with Gasteiger partial charge in [-0.25, -0.2) is 8.42 Å². The Morgan fingerprint density at radius 2 is 1.59 bits per heavy atom. The van der Waals surface area contributed by atoms with Crippen molar-refractivity contribution in [2.45, 2.75) is 69.0 Å². The van der Waals surface area contributed by atoms with E-state index in [1.165, 1.54) is 37.3 Å². The predicted molar refractivity (Wildman–Crippen MR) is 201 cm³/mol. The van der Waals surface area contributed by atoms with Crippen molar-refractivity contribution in [1.82, 2.24) is 10.2 Å². The zero-order chi connectivity index (χ0) is 36.5. The van der Waals surface area contributed by atoms with Gasteiger partial charge in [-0.05, 0) is 67.3 Å². The lowest BCUT2D eigenvalue weighted by Crippen LogP contribution is -2.55. The van der Waals surface area contributed by atoms with Crippen molar-refractivity contribution in [2.75, 3.05) is 25.1 Å². The molecule has 1 aliphatic rings. The number of methoxy groups -OCH3 is 2. The number of rotatable bonds is 14. The number of aryl methyl sites for hydroxylation is 1. The van der Waals surface area contributed by atoms with Crippen LogP contribution in [0, 0.1) is 6.92 Å². The van der Waals surface area contributed by atoms with Gasteiger partial charge >= 0.3 is 0 Å². The minimum absolute atomic E-state index is 0.0195. The van der Waals surface area contributed by atoms with Crippen molar-refractivity contribution < 1.29 is 27.5 Å². The molecule has 5 rings (SSSR count). The monoisotopic (exact) mass is 751 g/mol. The number of benzene rings is 4. The fourth-order valence-corrected chi connectivity index (χ4v) is 8.16. The van der Waals surface area contributed by atoms with Crippen LogP contribution in [0.15, 0.2) is 95.9 Å². The average Bonchev–Trinajstić information content (AvgIpc) is 3.13. The highest BCUT2D eigenvalue weighted by atomic mass is 35.5. The highest BCUT2D eigenvalue weighted by Crippen LogP contribution is 2.36. The molecule has 0 spiro atoms. The van der Waals surface area contributed by atoms with E-state index in [-0.39, 0.29) is 41.2 Å². The van der Waals surface area contributed by atoms with Crippen molar-refractivity contribution in [3.63, 3.8) is 0 Å². The Kier molecular flexibility index (Phi) is 12.9. The van der Waals surface area contributed by atoms with Crippen molar-refractivity contribution in [1.29, 1.82) is 0 Å². The molecule has 1 fully saturated rings. The maximum absolute atomic E-state index is 14.9. The summed E-state index contributed by atoms with van der Waals surface area (Å²) in [4.78, 5) is 30.7. The van der Waals surface area contributed by atoms with Crippen LogP contribution in [0.25, 0.3) is 0 Å². The van der Waals surface area contributed by atoms with Gasteiger partial charge in [-0.15, -0.1) is 0 Å². The lowest BCUT2D eigenvalue weighted by molar-refractivity contribution is -0.140. The van der Waals surface area contributed by atoms with E-state index in [4.69, 9.17) is 32.7 Å². The molecule has 0 aromatic heterocycles. The summed E-state index contributed by atoms with van der Waals surface area (Å²) in [6.07, 6.45) is 5.00. The lowest BCUT2D eigenvalue weighted by Gasteiger charge is -2.35. The third-order valence-corrected chi connectivity index (χ3v) is 11.5. The first kappa shape index (κ1) is 38.0. The normalized spacial score (nSPS) is 14.0. The first-order chi connectivity index (χ1) is 24.5. The van der Waals surface area contributed by atoms with Crippen molar-refractivity contribution in [3.05, 3.63) is 118 Å². The van der Waals surface area contributed by atoms with Crippen LogP contribution in [0.5, 0.6) is 11.5 Å². The topological polar surface area (TPSA) is 105 Å². The molecule has 4 aromatic rings. The number of hydrogen-bond donors (Lipinski definition) is 1. The van der Waals surface area contributed by atoms with E-state index >= 15 is 0 Å². The molecule has 2 amide bonds. The Balaban J connectivity index is 1.63. The van der Waals surface area contributed by atoms with E-state index in [1.54, 1.807) is 42.5 Å². The second-order valence-electron chi connectivity index (χ2n) is 12.7. The number of amides is 2. The van der Waals surface area contributed by atoms with Crippen LogP contribution in [-0.2, 0) is 32.6 Å². The molecule has 270 valence electrons. The van der Waals surface area contributed by atoms with Gasteiger partial charge < -0.3 is 19.7 Å². The van der Waals surface area contributed by atoms with Crippen molar-refractivity contribution in [2.24, 2.45) is 0 Å². The summed E-state index contributed by atoms with van der Waals surface area (Å²) < 4.78 is 41.1. The van der Waals surface area contributed by atoms with Crippen LogP contribution < -0.4 is 19.1 Å². The molecule has 51 heavy (non-hydrogen) atoms. The van der Waals surface area contributed by atoms with Gasteiger partial charge in [0, 0.05) is 35.1 Å². The van der Waals surface area contributed by atoms with Crippen LogP contribution in [0.1, 0.15) is 48.8 Å². The van der Waals surface area contributed by atoms with Crippen LogP contribution in [0.3, 0.4) is 0 Å². The zero-order valence-corrected chi connectivity index (χ0v) is 31.3. The number of sulfonamides is 1. The molecule has 1 unspecified atom stereocenters. The number of carbonyl (C=O) groups excluding carboxylic acids is 2. The summed E-state index contributed by atoms with van der Waals surface area (Å²) in [5.74, 6) is -0.374. The standard InChI is InChI=1S/C39H43Cl2N3O6S/c1-27-14-19-33(20-15-27)51(47,48)44(35-24-32(49-2)18-21-37(35)50-3)26-38(45)43(25-29-16-17-30(40)23-34(29)41)36(22-28-10-6-4-7-11-28)39(46)42-31-12-8-5-9-13-31/h4,6-7,10-11,14-21,23-24,31,36H,5,8-9,12-13,22,25-26H2,1-3H3,(H,42,46). The number of halogens is 2. The second-order valence-corrected chi connectivity index (χ2v) is 15.4. The van der Waals surface area contributed by atoms with Crippen LogP contribution in [0.4, 0.5) is 5.69 Å². The molecular formula is C39H43Cl2N3O6S. The molecule has 0 bridgehead atoms. The predicted octanol–water partition coefficient (Wildman–Crippen LogP) is 7.60. The molecule has 1 saturated carbocycles. The second kappa shape index (κ2) is 17.3. The van der Waals surface area contributed by atoms with E-state index in [9.17, 15) is 18.0 Å². The van der Waals surface area contributed by atoms with Crippen LogP contribution >= 0.6 is 23.2 Å². The summed E-state index contributed by atoms with van der Waals surface area (Å²) >= 11 is 12.9. The number of carbonyl (C=O) groups is 2. The number of nitrogens with zero attached hydrogens (tertiary/aromatic N) is 2. The molecule has 1 aliphatic carbocycles. The zero-order valence-electron chi connectivity index (χ0n) is 29.0. The number of ether oxygens (including phenoxy) is 2. The van der Waals surface area contributed by atoms with E-state index in [0.29, 0.717) is 21.4 Å². The van der Waals surface area contributed by atoms with Gasteiger partial charge in [-0.3, -0.25) is 13.9 Å². The fourth-order valence-electron chi connectivity index (χ4n) is 6.27. The van der Waals surface area contributed by atoms with Crippen molar-refractivity contribution in [3.8, 4) is 11.5 Å². The van der Waals surface area contributed by atoms with Crippen LogP contribution in [0.2, 0.25) is 10.0 Å². The quantitative estimate of drug-likeness (QED) is 0.142. The van der Waals surface area contributed by atoms with Gasteiger partial charge in [0.1, 0.15) is 24.1 Å². The lowest BCUT2D eigenvalue weighted by atomic mass is 9.94. The molecule has 1 atom stereocenters. The summed E-state index contributed by atoms with van der Waals surface area (Å²) in [5, 5.41) is 3.93. The van der Waals surface area contributed by atoms with E-state index < -0.39 is 28.5 Å². The Labute approximate surface area is 310 Å². The minimum atomic E-state index is -4.36. The van der Waals surface area contributed by atoms with E-state index in [2.05, 4.69) is 5.32 Å². The Bertz CT molecular complexity index is 1920. The summed E-state index contributed by atoms with van der Waals surface area (Å²) in [6, 6.07) is 24.4. The third kappa shape index (κ3) is 9.55. The Morgan fingerprint density at radius 3 is 2.24 bits per heavy atom. The van der Waals surface area contributed by atoms with E-state index in [0.717, 1.165) is 47.5 Å². The molecule has 0 aliphatic heterocycles. The molecule has 4 aromatic carbocycles. The number of hydrogen-bond acceptors (Lipinski definition) is 6. The first-order valence-electron chi connectivity index (χ1n) is 16.9. The molecule has 12 heteroatoms. The smallest absolute Gasteiger partial charge is 0.264 e. The Morgan fingerprint density at radius 1 is 0.882 bits per heavy atom. The van der Waals surface area contributed by atoms with Gasteiger partial charge in [0.15, 0.2) is 0 Å². The number of nitrogens with one attached hydrogen (secondary N) is 1. The van der Waals surface area contributed by atoms with Gasteiger partial charge in [0.2, 0.25) is 11.8 Å². The highest BCUT2D eigenvalue weighted by Gasteiger charge is 2.36. The molecule has 0 radical (unpaired) electrons. The van der Waals surface area contributed by atoms with Gasteiger partial charge in [0.25, 0.3) is 10.0 Å². The highest BCUT2D eigenvalue weighted by molar-refractivity contribution is 7.92. The summed E-state index contributed by atoms with van der Waals surface area (Å²) in [6.45, 7) is 1.11. The van der Waals surface area contributed by atoms with E-state index in [1.807, 2.05) is 37.3 Å². The maximum Gasteiger partial charge on any atom is 0.264 e. The third-order valence-electron chi connectivity index (χ3n) is 9.12. The fraction of sp³-hybridized carbons (Fsp3) is 0.333. The molecule has 9 nitrogen and oxygen atoms in total. The average molecular weight is 753 g/mol. The SMILES string of the molecule is COc1ccc(OC)c(N(CC(=O)N(Cc2ccc(Cl)cc2Cl)C(Cc2ccccc2)C(=O)NC2CCCCC2)S(=O)(=O)c2ccc(C)cc2)c1. The molecule has 1 N–H and O–H groups in total. The van der Waals surface area contributed by atoms with Gasteiger partial charge in [-0.2, -0.15) is 0 Å². The Hall–Kier alpha value is -4.25. The van der Waals surface area contributed by atoms with Gasteiger partial charge in [0.05, 0.1) is 24.8 Å².